The molecule has 0 aromatic heterocycles. The van der Waals surface area contributed by atoms with Crippen molar-refractivity contribution in [1.29, 1.82) is 0 Å². The van der Waals surface area contributed by atoms with Gasteiger partial charge in [-0.1, -0.05) is 13.8 Å². The van der Waals surface area contributed by atoms with Crippen LogP contribution in [0.5, 0.6) is 0 Å². The van der Waals surface area contributed by atoms with Crippen LogP contribution in [-0.4, -0.2) is 30.3 Å². The summed E-state index contributed by atoms with van der Waals surface area (Å²) in [5.41, 5.74) is 5.97. The number of hydrogen-bond acceptors (Lipinski definition) is 3. The number of nitrogens with two attached hydrogens (primary N) is 1. The molecule has 94 valence electrons. The molecule has 0 heterocycles. The van der Waals surface area contributed by atoms with Crippen LogP contribution in [0.1, 0.15) is 33.1 Å². The van der Waals surface area contributed by atoms with E-state index in [4.69, 9.17) is 15.6 Å². The van der Waals surface area contributed by atoms with Crippen molar-refractivity contribution < 1.29 is 14.6 Å². The molecule has 5 unspecified atom stereocenters. The number of rotatable bonds is 4. The van der Waals surface area contributed by atoms with Gasteiger partial charge in [-0.2, -0.15) is 0 Å². The number of hydrogen-bond donors (Lipinski definition) is 2. The van der Waals surface area contributed by atoms with Gasteiger partial charge >= 0.3 is 5.97 Å². The van der Waals surface area contributed by atoms with E-state index in [-0.39, 0.29) is 12.5 Å². The molecule has 4 heteroatoms. The van der Waals surface area contributed by atoms with Gasteiger partial charge in [0.1, 0.15) is 0 Å². The van der Waals surface area contributed by atoms with Crippen LogP contribution in [0.4, 0.5) is 0 Å². The molecule has 0 amide bonds. The van der Waals surface area contributed by atoms with Crippen LogP contribution in [0.25, 0.3) is 0 Å². The Morgan fingerprint density at radius 1 is 1.44 bits per heavy atom. The maximum Gasteiger partial charge on any atom is 0.304 e. The van der Waals surface area contributed by atoms with Gasteiger partial charge in [-0.25, -0.2) is 0 Å². The number of carboxylic acids is 1. The molecule has 0 radical (unpaired) electrons. The molecule has 0 aromatic rings. The Balaban J connectivity index is 2.58. The van der Waals surface area contributed by atoms with Crippen molar-refractivity contribution in [2.75, 3.05) is 7.11 Å². The maximum absolute atomic E-state index is 10.7. The van der Waals surface area contributed by atoms with Crippen LogP contribution >= 0.6 is 0 Å². The van der Waals surface area contributed by atoms with E-state index in [1.807, 2.05) is 0 Å². The predicted molar refractivity (Wildman–Crippen MR) is 62.1 cm³/mol. The molecular formula is C12H23NO3. The monoisotopic (exact) mass is 229 g/mol. The lowest BCUT2D eigenvalue weighted by Crippen LogP contribution is -2.43. The zero-order chi connectivity index (χ0) is 12.3. The number of carbonyl (C=O) groups is 1. The van der Waals surface area contributed by atoms with E-state index in [0.29, 0.717) is 23.9 Å². The van der Waals surface area contributed by atoms with Gasteiger partial charge < -0.3 is 15.6 Å². The predicted octanol–water partition coefficient (Wildman–Crippen LogP) is 1.49. The molecule has 0 bridgehead atoms. The summed E-state index contributed by atoms with van der Waals surface area (Å²) in [7, 11) is 1.74. The van der Waals surface area contributed by atoms with Crippen LogP contribution in [0.3, 0.4) is 0 Å². The lowest BCUT2D eigenvalue weighted by molar-refractivity contribution is -0.138. The molecule has 4 nitrogen and oxygen atoms in total. The Morgan fingerprint density at radius 3 is 2.56 bits per heavy atom. The molecule has 1 rings (SSSR count). The summed E-state index contributed by atoms with van der Waals surface area (Å²) in [6.45, 7) is 4.30. The topological polar surface area (TPSA) is 72.5 Å². The standard InChI is InChI=1S/C12H23NO3/c1-7-5-11(16-3)8(2)4-9(7)10(13)6-12(14)15/h7-11H,4-6,13H2,1-3H3,(H,14,15). The smallest absolute Gasteiger partial charge is 0.304 e. The van der Waals surface area contributed by atoms with Crippen molar-refractivity contribution in [3.05, 3.63) is 0 Å². The van der Waals surface area contributed by atoms with Crippen molar-refractivity contribution >= 4 is 5.97 Å². The highest BCUT2D eigenvalue weighted by Crippen LogP contribution is 2.37. The van der Waals surface area contributed by atoms with Gasteiger partial charge in [0.05, 0.1) is 12.5 Å². The second-order valence-electron chi connectivity index (χ2n) is 5.13. The molecule has 1 aliphatic rings. The fourth-order valence-corrected chi connectivity index (χ4v) is 2.87. The maximum atomic E-state index is 10.7. The van der Waals surface area contributed by atoms with Crippen molar-refractivity contribution in [1.82, 2.24) is 0 Å². The second-order valence-corrected chi connectivity index (χ2v) is 5.13. The number of aliphatic carboxylic acids is 1. The van der Waals surface area contributed by atoms with E-state index in [9.17, 15) is 4.79 Å². The Bertz CT molecular complexity index is 244. The molecule has 1 aliphatic carbocycles. The fourth-order valence-electron chi connectivity index (χ4n) is 2.87. The minimum atomic E-state index is -0.804. The first kappa shape index (κ1) is 13.5. The molecule has 1 fully saturated rings. The summed E-state index contributed by atoms with van der Waals surface area (Å²) >= 11 is 0. The summed E-state index contributed by atoms with van der Waals surface area (Å²) in [5.74, 6) is 0.403. The van der Waals surface area contributed by atoms with Crippen LogP contribution in [-0.2, 0) is 9.53 Å². The average molecular weight is 229 g/mol. The zero-order valence-electron chi connectivity index (χ0n) is 10.3. The highest BCUT2D eigenvalue weighted by atomic mass is 16.5. The SMILES string of the molecule is COC1CC(C)C(C(N)CC(=O)O)CC1C. The molecule has 0 aliphatic heterocycles. The van der Waals surface area contributed by atoms with E-state index < -0.39 is 5.97 Å². The molecule has 5 atom stereocenters. The van der Waals surface area contributed by atoms with Crippen molar-refractivity contribution in [2.45, 2.75) is 45.3 Å². The van der Waals surface area contributed by atoms with Gasteiger partial charge in [-0.05, 0) is 30.6 Å². The first-order valence-corrected chi connectivity index (χ1v) is 5.95. The number of methoxy groups -OCH3 is 1. The van der Waals surface area contributed by atoms with E-state index in [2.05, 4.69) is 13.8 Å². The molecule has 0 saturated heterocycles. The Labute approximate surface area is 97.2 Å². The van der Waals surface area contributed by atoms with Gasteiger partial charge in [0.2, 0.25) is 0 Å². The second kappa shape index (κ2) is 5.64. The van der Waals surface area contributed by atoms with Crippen molar-refractivity contribution in [3.63, 3.8) is 0 Å². The highest BCUT2D eigenvalue weighted by molar-refractivity contribution is 5.67. The van der Waals surface area contributed by atoms with Gasteiger partial charge in [0, 0.05) is 13.2 Å². The van der Waals surface area contributed by atoms with Crippen molar-refractivity contribution in [2.24, 2.45) is 23.5 Å². The number of ether oxygens (including phenoxy) is 1. The normalized spacial score (nSPS) is 37.0. The van der Waals surface area contributed by atoms with Crippen LogP contribution in [0, 0.1) is 17.8 Å². The van der Waals surface area contributed by atoms with E-state index in [0.717, 1.165) is 12.8 Å². The first-order valence-electron chi connectivity index (χ1n) is 5.95. The molecule has 0 aromatic carbocycles. The molecule has 0 spiro atoms. The summed E-state index contributed by atoms with van der Waals surface area (Å²) < 4.78 is 5.43. The summed E-state index contributed by atoms with van der Waals surface area (Å²) in [4.78, 5) is 10.7. The fraction of sp³-hybridized carbons (Fsp3) is 0.917. The van der Waals surface area contributed by atoms with Crippen LogP contribution < -0.4 is 5.73 Å². The van der Waals surface area contributed by atoms with Crippen molar-refractivity contribution in [3.8, 4) is 0 Å². The minimum Gasteiger partial charge on any atom is -0.481 e. The lowest BCUT2D eigenvalue weighted by Gasteiger charge is -2.40. The zero-order valence-corrected chi connectivity index (χ0v) is 10.3. The van der Waals surface area contributed by atoms with Gasteiger partial charge in [0.25, 0.3) is 0 Å². The summed E-state index contributed by atoms with van der Waals surface area (Å²) in [6, 6.07) is -0.229. The largest absolute Gasteiger partial charge is 0.481 e. The van der Waals surface area contributed by atoms with E-state index in [1.54, 1.807) is 7.11 Å². The quantitative estimate of drug-likeness (QED) is 0.766. The molecule has 3 N–H and O–H groups in total. The van der Waals surface area contributed by atoms with E-state index in [1.165, 1.54) is 0 Å². The summed E-state index contributed by atoms with van der Waals surface area (Å²) in [5, 5.41) is 8.76. The molecule has 1 saturated carbocycles. The highest BCUT2D eigenvalue weighted by Gasteiger charge is 2.36. The van der Waals surface area contributed by atoms with Crippen LogP contribution in [0.15, 0.2) is 0 Å². The Morgan fingerprint density at radius 2 is 2.06 bits per heavy atom. The lowest BCUT2D eigenvalue weighted by atomic mass is 9.70. The van der Waals surface area contributed by atoms with E-state index >= 15 is 0 Å². The minimum absolute atomic E-state index is 0.0688. The van der Waals surface area contributed by atoms with Gasteiger partial charge in [-0.3, -0.25) is 4.79 Å². The Hall–Kier alpha value is -0.610. The third-order valence-electron chi connectivity index (χ3n) is 3.88. The van der Waals surface area contributed by atoms with Gasteiger partial charge in [0.15, 0.2) is 0 Å². The first-order chi connectivity index (χ1) is 7.45. The Kier molecular flexibility index (Phi) is 4.74. The number of carboxylic acid groups (broad SMARTS) is 1. The molecular weight excluding hydrogens is 206 g/mol. The summed E-state index contributed by atoms with van der Waals surface area (Å²) in [6.07, 6.45) is 2.31. The third-order valence-corrected chi connectivity index (χ3v) is 3.88. The molecule has 16 heavy (non-hydrogen) atoms. The van der Waals surface area contributed by atoms with Gasteiger partial charge in [-0.15, -0.1) is 0 Å². The van der Waals surface area contributed by atoms with Crippen LogP contribution in [0.2, 0.25) is 0 Å². The average Bonchev–Trinajstić information content (AvgIpc) is 2.19. The third kappa shape index (κ3) is 3.19.